The van der Waals surface area contributed by atoms with E-state index in [1.807, 2.05) is 23.7 Å². The molecule has 1 aromatic carbocycles. The summed E-state index contributed by atoms with van der Waals surface area (Å²) < 4.78 is 57.7. The highest BCUT2D eigenvalue weighted by Crippen LogP contribution is 2.40. The summed E-state index contributed by atoms with van der Waals surface area (Å²) in [6.07, 6.45) is -1.04. The summed E-state index contributed by atoms with van der Waals surface area (Å²) in [6.45, 7) is 5.65. The van der Waals surface area contributed by atoms with Crippen molar-refractivity contribution >= 4 is 17.7 Å². The van der Waals surface area contributed by atoms with Crippen molar-refractivity contribution in [3.63, 3.8) is 0 Å². The zero-order chi connectivity index (χ0) is 32.1. The number of hydrogen-bond donors (Lipinski definition) is 1. The van der Waals surface area contributed by atoms with E-state index in [4.69, 9.17) is 5.10 Å². The maximum atomic E-state index is 14.1. The van der Waals surface area contributed by atoms with Crippen molar-refractivity contribution in [1.82, 2.24) is 29.4 Å². The fraction of sp³-hybridized carbons (Fsp3) is 0.688. The Labute approximate surface area is 267 Å². The number of likely N-dealkylation sites (tertiary alicyclic amines) is 2. The molecule has 1 atom stereocenters. The number of hydrogen-bond acceptors (Lipinski definition) is 7. The molecule has 0 bridgehead atoms. The number of alkyl halides is 4. The predicted octanol–water partition coefficient (Wildman–Crippen LogP) is 4.39. The fourth-order valence-corrected chi connectivity index (χ4v) is 7.71. The van der Waals surface area contributed by atoms with Crippen LogP contribution >= 0.6 is 11.8 Å². The first-order valence-electron chi connectivity index (χ1n) is 16.1. The first-order valence-corrected chi connectivity index (χ1v) is 17.1. The number of likely N-dealkylation sites (N-methyl/N-ethyl adjacent to an activating group) is 1. The van der Waals surface area contributed by atoms with Crippen molar-refractivity contribution in [1.29, 1.82) is 0 Å². The second kappa shape index (κ2) is 15.1. The molecule has 45 heavy (non-hydrogen) atoms. The fourth-order valence-electron chi connectivity index (χ4n) is 6.59. The van der Waals surface area contributed by atoms with Gasteiger partial charge in [0.15, 0.2) is 0 Å². The van der Waals surface area contributed by atoms with Crippen LogP contribution in [0, 0.1) is 0 Å². The number of aliphatic hydroxyl groups is 1. The van der Waals surface area contributed by atoms with E-state index in [2.05, 4.69) is 9.80 Å². The van der Waals surface area contributed by atoms with Crippen LogP contribution in [-0.2, 0) is 30.5 Å². The molecule has 13 heteroatoms. The van der Waals surface area contributed by atoms with E-state index in [0.717, 1.165) is 55.0 Å². The van der Waals surface area contributed by atoms with Crippen LogP contribution in [0.5, 0.6) is 0 Å². The Morgan fingerprint density at radius 1 is 1.07 bits per heavy atom. The third-order valence-electron chi connectivity index (χ3n) is 8.98. The minimum Gasteiger partial charge on any atom is -0.390 e. The molecule has 3 aliphatic rings. The van der Waals surface area contributed by atoms with Gasteiger partial charge in [0, 0.05) is 73.2 Å². The summed E-state index contributed by atoms with van der Waals surface area (Å²) in [5.41, 5.74) is 2.17. The molecule has 0 aliphatic carbocycles. The van der Waals surface area contributed by atoms with Gasteiger partial charge in [-0.1, -0.05) is 12.5 Å². The Bertz CT molecular complexity index is 1290. The van der Waals surface area contributed by atoms with Gasteiger partial charge in [0.25, 0.3) is 0 Å². The normalized spacial score (nSPS) is 19.7. The first-order chi connectivity index (χ1) is 21.5. The van der Waals surface area contributed by atoms with Crippen LogP contribution in [0.2, 0.25) is 0 Å². The van der Waals surface area contributed by atoms with Crippen molar-refractivity contribution < 1.29 is 27.5 Å². The lowest BCUT2D eigenvalue weighted by Gasteiger charge is -2.30. The summed E-state index contributed by atoms with van der Waals surface area (Å²) in [5, 5.41) is 15.9. The molecule has 4 heterocycles. The Balaban J connectivity index is 1.41. The van der Waals surface area contributed by atoms with Crippen LogP contribution in [0.25, 0.3) is 11.3 Å². The number of aromatic nitrogens is 2. The lowest BCUT2D eigenvalue weighted by molar-refractivity contribution is -0.139. The monoisotopic (exact) mass is 654 g/mol. The molecule has 2 saturated heterocycles. The summed E-state index contributed by atoms with van der Waals surface area (Å²) in [5.74, 6) is 0.431. The Hall–Kier alpha value is -2.19. The van der Waals surface area contributed by atoms with Gasteiger partial charge < -0.3 is 24.7 Å². The number of nitrogens with zero attached hydrogens (tertiary/aromatic N) is 6. The quantitative estimate of drug-likeness (QED) is 0.285. The average molecular weight is 655 g/mol. The summed E-state index contributed by atoms with van der Waals surface area (Å²) in [4.78, 5) is 21.1. The number of thioether (sulfide) groups is 1. The van der Waals surface area contributed by atoms with E-state index in [1.54, 1.807) is 11.0 Å². The van der Waals surface area contributed by atoms with Crippen LogP contribution in [-0.4, -0.2) is 125 Å². The number of rotatable bonds is 11. The van der Waals surface area contributed by atoms with Crippen LogP contribution < -0.4 is 0 Å². The molecule has 0 spiro atoms. The molecule has 5 rings (SSSR count). The van der Waals surface area contributed by atoms with Crippen molar-refractivity contribution in [3.8, 4) is 11.3 Å². The van der Waals surface area contributed by atoms with Gasteiger partial charge >= 0.3 is 6.18 Å². The third-order valence-corrected chi connectivity index (χ3v) is 10.0. The molecular weight excluding hydrogens is 608 g/mol. The molecular formula is C32H46F4N6O2S. The van der Waals surface area contributed by atoms with Gasteiger partial charge in [-0.25, -0.2) is 4.39 Å². The van der Waals surface area contributed by atoms with E-state index in [0.29, 0.717) is 75.5 Å². The number of fused-ring (bicyclic) bond motifs is 1. The Morgan fingerprint density at radius 2 is 1.80 bits per heavy atom. The van der Waals surface area contributed by atoms with Gasteiger partial charge in [-0.15, -0.1) is 11.8 Å². The van der Waals surface area contributed by atoms with Gasteiger partial charge in [-0.05, 0) is 65.0 Å². The summed E-state index contributed by atoms with van der Waals surface area (Å²) in [7, 11) is 3.68. The van der Waals surface area contributed by atoms with Crippen LogP contribution in [0.15, 0.2) is 23.1 Å². The van der Waals surface area contributed by atoms with Crippen LogP contribution in [0.1, 0.15) is 48.9 Å². The highest BCUT2D eigenvalue weighted by atomic mass is 32.2. The van der Waals surface area contributed by atoms with Crippen molar-refractivity contribution in [2.75, 3.05) is 72.2 Å². The van der Waals surface area contributed by atoms with E-state index in [-0.39, 0.29) is 23.9 Å². The van der Waals surface area contributed by atoms with Gasteiger partial charge in [0.1, 0.15) is 6.17 Å². The van der Waals surface area contributed by atoms with E-state index in [9.17, 15) is 27.5 Å². The zero-order valence-electron chi connectivity index (χ0n) is 26.4. The number of halogens is 4. The van der Waals surface area contributed by atoms with Crippen molar-refractivity contribution in [2.24, 2.45) is 0 Å². The van der Waals surface area contributed by atoms with E-state index >= 15 is 0 Å². The van der Waals surface area contributed by atoms with E-state index < -0.39 is 24.0 Å². The standard InChI is InChI=1S/C32H46F4N6O2S/c1-38(2)22-30(44)41-15-10-28-26(21-41)31(37-42(28)20-25(43)19-40-11-4-3-5-12-40)23-6-7-27(32(34,35)36)29(18-23)45-17-16-39-13-8-24(33)9-14-39/h6-7,18,24-25,43H,3-5,8-17,19-22H2,1-2H3. The minimum atomic E-state index is -4.51. The lowest BCUT2D eigenvalue weighted by atomic mass is 9.99. The molecule has 2 fully saturated rings. The molecule has 1 amide bonds. The molecule has 250 valence electrons. The van der Waals surface area contributed by atoms with E-state index in [1.165, 1.54) is 12.5 Å². The molecule has 0 radical (unpaired) electrons. The van der Waals surface area contributed by atoms with Gasteiger partial charge in [-0.2, -0.15) is 18.3 Å². The van der Waals surface area contributed by atoms with Crippen LogP contribution in [0.3, 0.4) is 0 Å². The third kappa shape index (κ3) is 9.00. The number of piperidine rings is 2. The molecule has 1 unspecified atom stereocenters. The van der Waals surface area contributed by atoms with Gasteiger partial charge in [0.05, 0.1) is 30.5 Å². The van der Waals surface area contributed by atoms with Gasteiger partial charge in [0.2, 0.25) is 5.91 Å². The summed E-state index contributed by atoms with van der Waals surface area (Å²) in [6, 6.07) is 4.16. The van der Waals surface area contributed by atoms with Crippen molar-refractivity contribution in [3.05, 3.63) is 35.0 Å². The molecule has 0 saturated carbocycles. The highest BCUT2D eigenvalue weighted by molar-refractivity contribution is 7.99. The number of carbonyl (C=O) groups excluding carboxylic acids is 1. The number of β-amino-alcohol motifs (C(OH)–C–C–N with tert-alkyl or cyclic N) is 1. The lowest BCUT2D eigenvalue weighted by Crippen LogP contribution is -2.41. The number of carbonyl (C=O) groups is 1. The molecule has 3 aliphatic heterocycles. The Kier molecular flexibility index (Phi) is 11.5. The molecule has 8 nitrogen and oxygen atoms in total. The number of amides is 1. The SMILES string of the molecule is CN(C)CC(=O)N1CCc2c(c(-c3ccc(C(F)(F)F)c(SCCN4CCC(F)CC4)c3)nn2CC(O)CN2CCCCC2)C1. The largest absolute Gasteiger partial charge is 0.417 e. The average Bonchev–Trinajstić information content (AvgIpc) is 3.35. The molecule has 1 aromatic heterocycles. The topological polar surface area (TPSA) is 68.1 Å². The summed E-state index contributed by atoms with van der Waals surface area (Å²) >= 11 is 1.16. The van der Waals surface area contributed by atoms with Gasteiger partial charge in [-0.3, -0.25) is 9.48 Å². The second-order valence-electron chi connectivity index (χ2n) is 12.8. The van der Waals surface area contributed by atoms with Crippen molar-refractivity contribution in [2.45, 2.75) is 75.0 Å². The minimum absolute atomic E-state index is 0.0186. The molecule has 1 N–H and O–H groups in total. The second-order valence-corrected chi connectivity index (χ2v) is 14.0. The number of benzene rings is 1. The smallest absolute Gasteiger partial charge is 0.390 e. The van der Waals surface area contributed by atoms with Crippen LogP contribution in [0.4, 0.5) is 17.6 Å². The highest BCUT2D eigenvalue weighted by Gasteiger charge is 2.35. The first kappa shape index (κ1) is 34.2. The maximum absolute atomic E-state index is 14.1. The maximum Gasteiger partial charge on any atom is 0.417 e. The predicted molar refractivity (Wildman–Crippen MR) is 168 cm³/mol. The zero-order valence-corrected chi connectivity index (χ0v) is 27.2. The molecule has 2 aromatic rings. The Morgan fingerprint density at radius 3 is 2.49 bits per heavy atom. The number of aliphatic hydroxyl groups excluding tert-OH is 1.